The van der Waals surface area contributed by atoms with Crippen molar-refractivity contribution >= 4 is 0 Å². The van der Waals surface area contributed by atoms with Crippen molar-refractivity contribution in [1.82, 2.24) is 14.5 Å². The number of aromatic nitrogens is 2. The molecule has 84 valence electrons. The van der Waals surface area contributed by atoms with Gasteiger partial charge in [0.15, 0.2) is 0 Å². The molecule has 1 N–H and O–H groups in total. The van der Waals surface area contributed by atoms with Gasteiger partial charge >= 0.3 is 0 Å². The molecule has 0 aliphatic heterocycles. The second kappa shape index (κ2) is 4.77. The molecular formula is C11H19N3O. The third-order valence-electron chi connectivity index (χ3n) is 2.99. The van der Waals surface area contributed by atoms with Crippen molar-refractivity contribution in [3.63, 3.8) is 0 Å². The highest BCUT2D eigenvalue weighted by atomic mass is 16.3. The largest absolute Gasteiger partial charge is 0.395 e. The number of aliphatic hydroxyl groups excluding tert-OH is 1. The molecule has 0 atom stereocenters. The lowest BCUT2D eigenvalue weighted by Gasteiger charge is -2.20. The molecular weight excluding hydrogens is 190 g/mol. The molecule has 0 saturated heterocycles. The second-order valence-corrected chi connectivity index (χ2v) is 4.20. The zero-order chi connectivity index (χ0) is 10.7. The van der Waals surface area contributed by atoms with Gasteiger partial charge in [-0.05, 0) is 12.8 Å². The Labute approximate surface area is 90.5 Å². The highest BCUT2D eigenvalue weighted by molar-refractivity contribution is 4.93. The fourth-order valence-corrected chi connectivity index (χ4v) is 1.93. The van der Waals surface area contributed by atoms with Crippen LogP contribution in [0.25, 0.3) is 0 Å². The topological polar surface area (TPSA) is 41.3 Å². The molecule has 0 amide bonds. The molecule has 1 fully saturated rings. The minimum Gasteiger partial charge on any atom is -0.395 e. The number of rotatable bonds is 6. The van der Waals surface area contributed by atoms with Crippen LogP contribution in [0.3, 0.4) is 0 Å². The molecule has 1 aliphatic rings. The van der Waals surface area contributed by atoms with E-state index in [1.54, 1.807) is 0 Å². The Bertz CT molecular complexity index is 307. The predicted octanol–water partition coefficient (Wildman–Crippen LogP) is 0.419. The van der Waals surface area contributed by atoms with Crippen molar-refractivity contribution in [2.24, 2.45) is 7.05 Å². The Morgan fingerprint density at radius 1 is 1.53 bits per heavy atom. The second-order valence-electron chi connectivity index (χ2n) is 4.20. The normalized spacial score (nSPS) is 16.2. The summed E-state index contributed by atoms with van der Waals surface area (Å²) in [6.45, 7) is 2.07. The highest BCUT2D eigenvalue weighted by Crippen LogP contribution is 2.26. The van der Waals surface area contributed by atoms with Crippen molar-refractivity contribution in [3.05, 3.63) is 18.2 Å². The summed E-state index contributed by atoms with van der Waals surface area (Å²) in [5.41, 5.74) is 0. The number of hydrogen-bond donors (Lipinski definition) is 1. The van der Waals surface area contributed by atoms with Gasteiger partial charge in [0.25, 0.3) is 0 Å². The van der Waals surface area contributed by atoms with Crippen LogP contribution in [0, 0.1) is 0 Å². The van der Waals surface area contributed by atoms with Gasteiger partial charge in [0.05, 0.1) is 6.61 Å². The van der Waals surface area contributed by atoms with E-state index in [-0.39, 0.29) is 6.61 Å². The molecule has 4 nitrogen and oxygen atoms in total. The molecule has 2 rings (SSSR count). The monoisotopic (exact) mass is 209 g/mol. The molecule has 0 radical (unpaired) electrons. The zero-order valence-corrected chi connectivity index (χ0v) is 9.26. The van der Waals surface area contributed by atoms with Gasteiger partial charge in [-0.1, -0.05) is 0 Å². The van der Waals surface area contributed by atoms with Crippen LogP contribution >= 0.6 is 0 Å². The van der Waals surface area contributed by atoms with Crippen LogP contribution in [0.1, 0.15) is 18.7 Å². The first-order valence-electron chi connectivity index (χ1n) is 5.62. The SMILES string of the molecule is Cn1ccnc1CCN(CCO)C1CC1. The first-order chi connectivity index (χ1) is 7.31. The van der Waals surface area contributed by atoms with Crippen LogP contribution in [-0.2, 0) is 13.5 Å². The zero-order valence-electron chi connectivity index (χ0n) is 9.26. The number of aliphatic hydroxyl groups is 1. The van der Waals surface area contributed by atoms with Gasteiger partial charge in [0.2, 0.25) is 0 Å². The lowest BCUT2D eigenvalue weighted by Crippen LogP contribution is -2.31. The number of aryl methyl sites for hydroxylation is 1. The van der Waals surface area contributed by atoms with Crippen LogP contribution in [0.5, 0.6) is 0 Å². The maximum Gasteiger partial charge on any atom is 0.109 e. The molecule has 1 aliphatic carbocycles. The van der Waals surface area contributed by atoms with Crippen LogP contribution in [0.15, 0.2) is 12.4 Å². The van der Waals surface area contributed by atoms with Gasteiger partial charge in [0.1, 0.15) is 5.82 Å². The smallest absolute Gasteiger partial charge is 0.109 e. The molecule has 0 unspecified atom stereocenters. The van der Waals surface area contributed by atoms with Gasteiger partial charge in [-0.2, -0.15) is 0 Å². The van der Waals surface area contributed by atoms with E-state index in [9.17, 15) is 0 Å². The first kappa shape index (κ1) is 10.6. The van der Waals surface area contributed by atoms with Crippen molar-refractivity contribution < 1.29 is 5.11 Å². The standard InChI is InChI=1S/C11H19N3O/c1-13-7-5-12-11(13)4-6-14(8-9-15)10-2-3-10/h5,7,10,15H,2-4,6,8-9H2,1H3. The van der Waals surface area contributed by atoms with Gasteiger partial charge in [-0.25, -0.2) is 4.98 Å². The van der Waals surface area contributed by atoms with E-state index in [1.165, 1.54) is 12.8 Å². The third kappa shape index (κ3) is 2.79. The van der Waals surface area contributed by atoms with E-state index in [0.29, 0.717) is 0 Å². The fourth-order valence-electron chi connectivity index (χ4n) is 1.93. The predicted molar refractivity (Wildman–Crippen MR) is 58.6 cm³/mol. The average molecular weight is 209 g/mol. The summed E-state index contributed by atoms with van der Waals surface area (Å²) in [6.07, 6.45) is 7.37. The van der Waals surface area contributed by atoms with Crippen molar-refractivity contribution in [2.75, 3.05) is 19.7 Å². The van der Waals surface area contributed by atoms with Crippen molar-refractivity contribution in [3.8, 4) is 0 Å². The first-order valence-corrected chi connectivity index (χ1v) is 5.62. The Kier molecular flexibility index (Phi) is 3.38. The van der Waals surface area contributed by atoms with E-state index in [1.807, 2.05) is 19.4 Å². The van der Waals surface area contributed by atoms with E-state index < -0.39 is 0 Å². The highest BCUT2D eigenvalue weighted by Gasteiger charge is 2.28. The molecule has 4 heteroatoms. The number of hydrogen-bond acceptors (Lipinski definition) is 3. The van der Waals surface area contributed by atoms with Gasteiger partial charge in [-0.3, -0.25) is 4.90 Å². The lowest BCUT2D eigenvalue weighted by molar-refractivity contribution is 0.190. The molecule has 1 aromatic heterocycles. The van der Waals surface area contributed by atoms with Crippen LogP contribution in [0.2, 0.25) is 0 Å². The third-order valence-corrected chi connectivity index (χ3v) is 2.99. The summed E-state index contributed by atoms with van der Waals surface area (Å²) in [4.78, 5) is 6.67. The maximum absolute atomic E-state index is 8.96. The lowest BCUT2D eigenvalue weighted by atomic mass is 10.3. The molecule has 0 bridgehead atoms. The fraction of sp³-hybridized carbons (Fsp3) is 0.727. The van der Waals surface area contributed by atoms with Crippen LogP contribution < -0.4 is 0 Å². The van der Waals surface area contributed by atoms with Gasteiger partial charge in [-0.15, -0.1) is 0 Å². The molecule has 0 spiro atoms. The van der Waals surface area contributed by atoms with Crippen LogP contribution in [0.4, 0.5) is 0 Å². The summed E-state index contributed by atoms with van der Waals surface area (Å²) in [6, 6.07) is 0.720. The average Bonchev–Trinajstić information content (AvgIpc) is 2.98. The Morgan fingerprint density at radius 3 is 2.87 bits per heavy atom. The van der Waals surface area contributed by atoms with Gasteiger partial charge in [0, 0.05) is 45.0 Å². The summed E-state index contributed by atoms with van der Waals surface area (Å²) in [7, 11) is 2.02. The number of nitrogens with zero attached hydrogens (tertiary/aromatic N) is 3. The minimum atomic E-state index is 0.261. The molecule has 1 heterocycles. The Hall–Kier alpha value is -0.870. The summed E-state index contributed by atoms with van der Waals surface area (Å²) < 4.78 is 2.06. The molecule has 1 aromatic rings. The van der Waals surface area contributed by atoms with Crippen LogP contribution in [-0.4, -0.2) is 45.3 Å². The Morgan fingerprint density at radius 2 is 2.33 bits per heavy atom. The van der Waals surface area contributed by atoms with Crippen molar-refractivity contribution in [1.29, 1.82) is 0 Å². The van der Waals surface area contributed by atoms with E-state index in [4.69, 9.17) is 5.11 Å². The summed E-state index contributed by atoms with van der Waals surface area (Å²) in [5.74, 6) is 1.12. The Balaban J connectivity index is 1.82. The summed E-state index contributed by atoms with van der Waals surface area (Å²) >= 11 is 0. The molecule has 15 heavy (non-hydrogen) atoms. The molecule has 0 aromatic carbocycles. The van der Waals surface area contributed by atoms with Gasteiger partial charge < -0.3 is 9.67 Å². The van der Waals surface area contributed by atoms with E-state index in [2.05, 4.69) is 14.5 Å². The van der Waals surface area contributed by atoms with Crippen molar-refractivity contribution in [2.45, 2.75) is 25.3 Å². The van der Waals surface area contributed by atoms with E-state index >= 15 is 0 Å². The minimum absolute atomic E-state index is 0.261. The van der Waals surface area contributed by atoms with E-state index in [0.717, 1.165) is 31.4 Å². The molecule has 1 saturated carbocycles. The maximum atomic E-state index is 8.96. The quantitative estimate of drug-likeness (QED) is 0.738. The number of imidazole rings is 1. The summed E-state index contributed by atoms with van der Waals surface area (Å²) in [5, 5.41) is 8.96.